The molecule has 5 rings (SSSR count). The van der Waals surface area contributed by atoms with Gasteiger partial charge in [-0.05, 0) is 49.7 Å². The SMILES string of the molecule is Cc1cc([C@@H](C)N)c2oc3c(C4CC5(C4)CC(F)(F)C5)cnnc3c2c1. The third-order valence-electron chi connectivity index (χ3n) is 6.11. The summed E-state index contributed by atoms with van der Waals surface area (Å²) in [6, 6.07) is 3.93. The van der Waals surface area contributed by atoms with Crippen LogP contribution in [0.5, 0.6) is 0 Å². The summed E-state index contributed by atoms with van der Waals surface area (Å²) in [4.78, 5) is 0. The summed E-state index contributed by atoms with van der Waals surface area (Å²) in [6.07, 6.45) is 3.33. The fraction of sp³-hybridized carbons (Fsp3) is 0.500. The first-order chi connectivity index (χ1) is 12.3. The number of fused-ring (bicyclic) bond motifs is 3. The van der Waals surface area contributed by atoms with Crippen molar-refractivity contribution in [3.8, 4) is 0 Å². The molecule has 4 nitrogen and oxygen atoms in total. The van der Waals surface area contributed by atoms with Crippen LogP contribution in [-0.4, -0.2) is 16.1 Å². The van der Waals surface area contributed by atoms with E-state index in [4.69, 9.17) is 10.2 Å². The van der Waals surface area contributed by atoms with E-state index in [9.17, 15) is 8.78 Å². The van der Waals surface area contributed by atoms with Gasteiger partial charge >= 0.3 is 0 Å². The predicted octanol–water partition coefficient (Wildman–Crippen LogP) is 5.00. The topological polar surface area (TPSA) is 64.9 Å². The number of hydrogen-bond acceptors (Lipinski definition) is 4. The quantitative estimate of drug-likeness (QED) is 0.701. The van der Waals surface area contributed by atoms with Crippen LogP contribution in [0.2, 0.25) is 0 Å². The minimum absolute atomic E-state index is 0.0202. The molecule has 1 spiro atoms. The van der Waals surface area contributed by atoms with Crippen LogP contribution in [0.15, 0.2) is 22.7 Å². The van der Waals surface area contributed by atoms with Crippen molar-refractivity contribution in [2.75, 3.05) is 0 Å². The summed E-state index contributed by atoms with van der Waals surface area (Å²) in [5.41, 5.74) is 11.2. The molecule has 2 aliphatic carbocycles. The number of benzene rings is 1. The molecular weight excluding hydrogens is 336 g/mol. The van der Waals surface area contributed by atoms with E-state index in [-0.39, 0.29) is 30.2 Å². The standard InChI is InChI=1S/C20H21F2N3O/c1-10-3-13(11(2)23)17-14(4-10)16-18(26-17)15(7-24-25-16)12-5-19(6-12)8-20(21,22)9-19/h3-4,7,11-12H,5-6,8-9,23H2,1-2H3/t11-/m1/s1. The lowest BCUT2D eigenvalue weighted by molar-refractivity contribution is -0.196. The van der Waals surface area contributed by atoms with E-state index >= 15 is 0 Å². The molecule has 0 bridgehead atoms. The minimum atomic E-state index is -2.47. The van der Waals surface area contributed by atoms with Crippen molar-refractivity contribution in [1.29, 1.82) is 0 Å². The largest absolute Gasteiger partial charge is 0.454 e. The molecule has 2 aliphatic rings. The van der Waals surface area contributed by atoms with Gasteiger partial charge in [0.25, 0.3) is 0 Å². The van der Waals surface area contributed by atoms with Gasteiger partial charge < -0.3 is 10.2 Å². The maximum atomic E-state index is 13.3. The Hall–Kier alpha value is -2.08. The van der Waals surface area contributed by atoms with Gasteiger partial charge in [-0.25, -0.2) is 8.78 Å². The Kier molecular flexibility index (Phi) is 3.10. The Balaban J connectivity index is 1.59. The number of hydrogen-bond donors (Lipinski definition) is 1. The molecule has 2 saturated carbocycles. The number of nitrogens with zero attached hydrogens (tertiary/aromatic N) is 2. The van der Waals surface area contributed by atoms with Gasteiger partial charge in [-0.2, -0.15) is 5.10 Å². The van der Waals surface area contributed by atoms with Crippen molar-refractivity contribution >= 4 is 22.1 Å². The summed E-state index contributed by atoms with van der Waals surface area (Å²) in [5, 5.41) is 9.40. The third kappa shape index (κ3) is 2.21. The van der Waals surface area contributed by atoms with Crippen LogP contribution in [0.3, 0.4) is 0 Å². The number of rotatable bonds is 2. The van der Waals surface area contributed by atoms with E-state index < -0.39 is 5.92 Å². The fourth-order valence-electron chi connectivity index (χ4n) is 5.03. The lowest BCUT2D eigenvalue weighted by atomic mass is 9.49. The van der Waals surface area contributed by atoms with Crippen LogP contribution in [0.25, 0.3) is 22.1 Å². The normalized spacial score (nSPS) is 22.5. The molecule has 2 fully saturated rings. The molecule has 2 N–H and O–H groups in total. The Bertz CT molecular complexity index is 1020. The summed E-state index contributed by atoms with van der Waals surface area (Å²) in [7, 11) is 0. The van der Waals surface area contributed by atoms with E-state index in [0.717, 1.165) is 51.6 Å². The smallest absolute Gasteiger partial charge is 0.249 e. The van der Waals surface area contributed by atoms with Gasteiger partial charge in [0.1, 0.15) is 11.1 Å². The molecule has 0 unspecified atom stereocenters. The molecule has 0 radical (unpaired) electrons. The van der Waals surface area contributed by atoms with E-state index in [1.54, 1.807) is 6.20 Å². The highest BCUT2D eigenvalue weighted by Crippen LogP contribution is 2.67. The number of nitrogens with two attached hydrogens (primary N) is 1. The van der Waals surface area contributed by atoms with Crippen LogP contribution >= 0.6 is 0 Å². The van der Waals surface area contributed by atoms with E-state index in [1.165, 1.54) is 0 Å². The maximum Gasteiger partial charge on any atom is 0.249 e. The zero-order valence-corrected chi connectivity index (χ0v) is 14.9. The number of furan rings is 1. The molecule has 0 aliphatic heterocycles. The first-order valence-corrected chi connectivity index (χ1v) is 9.09. The number of halogens is 2. The first-order valence-electron chi connectivity index (χ1n) is 9.09. The van der Waals surface area contributed by atoms with Gasteiger partial charge in [0, 0.05) is 35.4 Å². The van der Waals surface area contributed by atoms with Crippen LogP contribution in [0, 0.1) is 12.3 Å². The zero-order chi connectivity index (χ0) is 18.3. The fourth-order valence-corrected chi connectivity index (χ4v) is 5.03. The van der Waals surface area contributed by atoms with Gasteiger partial charge in [-0.3, -0.25) is 0 Å². The van der Waals surface area contributed by atoms with Crippen LogP contribution in [0.4, 0.5) is 8.78 Å². The molecule has 1 aromatic carbocycles. The molecule has 3 aromatic rings. The second kappa shape index (κ2) is 5.00. The predicted molar refractivity (Wildman–Crippen MR) is 95.2 cm³/mol. The highest BCUT2D eigenvalue weighted by molar-refractivity contribution is 6.04. The maximum absolute atomic E-state index is 13.3. The Labute approximate surface area is 149 Å². The second-order valence-electron chi connectivity index (χ2n) is 8.41. The van der Waals surface area contributed by atoms with Gasteiger partial charge in [0.15, 0.2) is 5.58 Å². The summed E-state index contributed by atoms with van der Waals surface area (Å²) in [6.45, 7) is 3.95. The highest BCUT2D eigenvalue weighted by atomic mass is 19.3. The Morgan fingerprint density at radius 2 is 1.96 bits per heavy atom. The highest BCUT2D eigenvalue weighted by Gasteiger charge is 2.62. The molecule has 0 saturated heterocycles. The van der Waals surface area contributed by atoms with Crippen molar-refractivity contribution in [3.63, 3.8) is 0 Å². The molecule has 136 valence electrons. The van der Waals surface area contributed by atoms with E-state index in [1.807, 2.05) is 26.0 Å². The van der Waals surface area contributed by atoms with Crippen LogP contribution in [-0.2, 0) is 0 Å². The molecule has 6 heteroatoms. The molecule has 26 heavy (non-hydrogen) atoms. The average molecular weight is 357 g/mol. The van der Waals surface area contributed by atoms with Crippen molar-refractivity contribution in [2.45, 2.75) is 57.4 Å². The number of aromatic nitrogens is 2. The van der Waals surface area contributed by atoms with Crippen molar-refractivity contribution in [2.24, 2.45) is 11.1 Å². The number of aryl methyl sites for hydroxylation is 1. The van der Waals surface area contributed by atoms with Crippen molar-refractivity contribution < 1.29 is 13.2 Å². The lowest BCUT2D eigenvalue weighted by Crippen LogP contribution is -2.52. The summed E-state index contributed by atoms with van der Waals surface area (Å²) >= 11 is 0. The minimum Gasteiger partial charge on any atom is -0.454 e. The second-order valence-corrected chi connectivity index (χ2v) is 8.41. The van der Waals surface area contributed by atoms with Crippen molar-refractivity contribution in [1.82, 2.24) is 10.2 Å². The summed E-state index contributed by atoms with van der Waals surface area (Å²) < 4.78 is 32.8. The van der Waals surface area contributed by atoms with E-state index in [0.29, 0.717) is 0 Å². The molecule has 0 amide bonds. The zero-order valence-electron chi connectivity index (χ0n) is 14.9. The number of alkyl halides is 2. The first kappa shape index (κ1) is 16.1. The van der Waals surface area contributed by atoms with Gasteiger partial charge in [0.2, 0.25) is 5.92 Å². The Morgan fingerprint density at radius 3 is 2.62 bits per heavy atom. The van der Waals surface area contributed by atoms with Crippen LogP contribution in [0.1, 0.15) is 61.3 Å². The van der Waals surface area contributed by atoms with Crippen LogP contribution < -0.4 is 5.73 Å². The molecule has 2 aromatic heterocycles. The average Bonchev–Trinajstić information content (AvgIpc) is 2.87. The van der Waals surface area contributed by atoms with Crippen molar-refractivity contribution in [3.05, 3.63) is 35.0 Å². The lowest BCUT2D eigenvalue weighted by Gasteiger charge is -2.57. The third-order valence-corrected chi connectivity index (χ3v) is 6.11. The van der Waals surface area contributed by atoms with Gasteiger partial charge in [-0.15, -0.1) is 5.10 Å². The van der Waals surface area contributed by atoms with E-state index in [2.05, 4.69) is 10.2 Å². The molecule has 2 heterocycles. The summed E-state index contributed by atoms with van der Waals surface area (Å²) in [5.74, 6) is -2.26. The Morgan fingerprint density at radius 1 is 1.23 bits per heavy atom. The molecule has 1 atom stereocenters. The van der Waals surface area contributed by atoms with Gasteiger partial charge in [0.05, 0.1) is 6.20 Å². The molecular formula is C20H21F2N3O. The monoisotopic (exact) mass is 357 g/mol. The van der Waals surface area contributed by atoms with Gasteiger partial charge in [-0.1, -0.05) is 6.07 Å².